The van der Waals surface area contributed by atoms with E-state index in [0.717, 1.165) is 11.1 Å². The number of carbonyl (C=O) groups excluding carboxylic acids is 1. The van der Waals surface area contributed by atoms with Crippen LogP contribution in [0.5, 0.6) is 5.75 Å². The van der Waals surface area contributed by atoms with Crippen LogP contribution >= 0.6 is 0 Å². The lowest BCUT2D eigenvalue weighted by Gasteiger charge is -2.30. The summed E-state index contributed by atoms with van der Waals surface area (Å²) in [6, 6.07) is 14.2. The maximum Gasteiger partial charge on any atom is 0.268 e. The Morgan fingerprint density at radius 1 is 1.11 bits per heavy atom. The summed E-state index contributed by atoms with van der Waals surface area (Å²) >= 11 is 0. The summed E-state index contributed by atoms with van der Waals surface area (Å²) in [6.07, 6.45) is 0.809. The van der Waals surface area contributed by atoms with Crippen molar-refractivity contribution in [3.05, 3.63) is 71.1 Å². The van der Waals surface area contributed by atoms with Gasteiger partial charge in [0.15, 0.2) is 15.9 Å². The number of anilines is 1. The molecule has 2 atom stereocenters. The average Bonchev–Trinajstić information content (AvgIpc) is 2.98. The van der Waals surface area contributed by atoms with Crippen LogP contribution in [0.2, 0.25) is 0 Å². The quantitative estimate of drug-likeness (QED) is 0.791. The van der Waals surface area contributed by atoms with Crippen LogP contribution in [0.1, 0.15) is 18.1 Å². The molecule has 2 aromatic carbocycles. The van der Waals surface area contributed by atoms with Crippen molar-refractivity contribution in [2.75, 3.05) is 10.7 Å². The molecule has 1 heterocycles. The zero-order valence-electron chi connectivity index (χ0n) is 15.6. The SMILES string of the molecule is Cc1ccc(N(C(=O)[C@@H](C)Oc2ccccc2)[C@@H]2C=CS(=O)(=O)C2)cc1C. The molecule has 5 nitrogen and oxygen atoms in total. The number of hydrogen-bond acceptors (Lipinski definition) is 4. The average molecular weight is 385 g/mol. The van der Waals surface area contributed by atoms with E-state index in [9.17, 15) is 13.2 Å². The van der Waals surface area contributed by atoms with Crippen molar-refractivity contribution >= 4 is 21.4 Å². The highest BCUT2D eigenvalue weighted by molar-refractivity contribution is 7.94. The fraction of sp³-hybridized carbons (Fsp3) is 0.286. The zero-order valence-corrected chi connectivity index (χ0v) is 16.4. The molecule has 142 valence electrons. The summed E-state index contributed by atoms with van der Waals surface area (Å²) in [4.78, 5) is 14.7. The van der Waals surface area contributed by atoms with E-state index in [2.05, 4.69) is 0 Å². The van der Waals surface area contributed by atoms with Crippen LogP contribution in [0.4, 0.5) is 5.69 Å². The van der Waals surface area contributed by atoms with E-state index in [1.807, 2.05) is 50.2 Å². The van der Waals surface area contributed by atoms with Crippen molar-refractivity contribution in [3.63, 3.8) is 0 Å². The van der Waals surface area contributed by atoms with Crippen LogP contribution in [0.3, 0.4) is 0 Å². The standard InChI is InChI=1S/C21H23NO4S/c1-15-9-10-18(13-16(15)2)22(19-11-12-27(24,25)14-19)21(23)17(3)26-20-7-5-4-6-8-20/h4-13,17,19H,14H2,1-3H3/t17-,19-/m1/s1. The molecule has 0 bridgehead atoms. The van der Waals surface area contributed by atoms with Crippen molar-refractivity contribution in [3.8, 4) is 5.75 Å². The number of para-hydroxylation sites is 1. The fourth-order valence-corrected chi connectivity index (χ4v) is 4.30. The number of ether oxygens (including phenoxy) is 1. The molecule has 6 heteroatoms. The first-order chi connectivity index (χ1) is 12.8. The smallest absolute Gasteiger partial charge is 0.268 e. The van der Waals surface area contributed by atoms with Crippen molar-refractivity contribution in [2.45, 2.75) is 32.9 Å². The third-order valence-electron chi connectivity index (χ3n) is 4.65. The number of rotatable bonds is 5. The molecule has 1 aliphatic rings. The van der Waals surface area contributed by atoms with E-state index in [-0.39, 0.29) is 11.7 Å². The minimum absolute atomic E-state index is 0.121. The highest BCUT2D eigenvalue weighted by Gasteiger charge is 2.34. The number of aryl methyl sites for hydroxylation is 2. The molecule has 1 amide bonds. The molecule has 0 saturated carbocycles. The Bertz CT molecular complexity index is 967. The molecular weight excluding hydrogens is 362 g/mol. The molecule has 0 aromatic heterocycles. The lowest BCUT2D eigenvalue weighted by Crippen LogP contribution is -2.47. The molecule has 0 spiro atoms. The maximum atomic E-state index is 13.2. The third-order valence-corrected chi connectivity index (χ3v) is 6.03. The van der Waals surface area contributed by atoms with Gasteiger partial charge in [0, 0.05) is 11.1 Å². The van der Waals surface area contributed by atoms with E-state index < -0.39 is 22.0 Å². The molecule has 0 fully saturated rings. The number of nitrogens with zero attached hydrogens (tertiary/aromatic N) is 1. The highest BCUT2D eigenvalue weighted by Crippen LogP contribution is 2.26. The van der Waals surface area contributed by atoms with Crippen molar-refractivity contribution in [2.24, 2.45) is 0 Å². The molecule has 27 heavy (non-hydrogen) atoms. The first-order valence-corrected chi connectivity index (χ1v) is 10.5. The van der Waals surface area contributed by atoms with Gasteiger partial charge in [0.25, 0.3) is 5.91 Å². The first-order valence-electron chi connectivity index (χ1n) is 8.80. The Morgan fingerprint density at radius 2 is 1.81 bits per heavy atom. The van der Waals surface area contributed by atoms with E-state index in [1.165, 1.54) is 10.3 Å². The van der Waals surface area contributed by atoms with Crippen LogP contribution in [0, 0.1) is 13.8 Å². The predicted octanol–water partition coefficient (Wildman–Crippen LogP) is 3.41. The minimum atomic E-state index is -3.30. The number of carbonyl (C=O) groups is 1. The van der Waals surface area contributed by atoms with Gasteiger partial charge in [-0.15, -0.1) is 0 Å². The monoisotopic (exact) mass is 385 g/mol. The van der Waals surface area contributed by atoms with Crippen LogP contribution in [-0.2, 0) is 14.6 Å². The molecule has 0 saturated heterocycles. The number of sulfone groups is 1. The Labute approximate surface area is 160 Å². The molecular formula is C21H23NO4S. The summed E-state index contributed by atoms with van der Waals surface area (Å²) in [5, 5.41) is 1.18. The number of hydrogen-bond donors (Lipinski definition) is 0. The minimum Gasteiger partial charge on any atom is -0.481 e. The Morgan fingerprint density at radius 3 is 2.41 bits per heavy atom. The van der Waals surface area contributed by atoms with Gasteiger partial charge in [-0.1, -0.05) is 24.3 Å². The zero-order chi connectivity index (χ0) is 19.6. The Kier molecular flexibility index (Phi) is 5.37. The van der Waals surface area contributed by atoms with Crippen molar-refractivity contribution < 1.29 is 17.9 Å². The topological polar surface area (TPSA) is 63.7 Å². The number of benzene rings is 2. The second-order valence-corrected chi connectivity index (χ2v) is 8.71. The molecule has 0 N–H and O–H groups in total. The summed E-state index contributed by atoms with van der Waals surface area (Å²) in [7, 11) is -3.30. The largest absolute Gasteiger partial charge is 0.481 e. The van der Waals surface area contributed by atoms with Crippen LogP contribution in [0.25, 0.3) is 0 Å². The van der Waals surface area contributed by atoms with Crippen LogP contribution in [-0.4, -0.2) is 32.2 Å². The summed E-state index contributed by atoms with van der Waals surface area (Å²) in [5.74, 6) is 0.186. The lowest BCUT2D eigenvalue weighted by atomic mass is 10.1. The van der Waals surface area contributed by atoms with E-state index in [1.54, 1.807) is 25.1 Å². The molecule has 0 unspecified atom stereocenters. The van der Waals surface area contributed by atoms with Gasteiger partial charge in [-0.05, 0) is 62.2 Å². The lowest BCUT2D eigenvalue weighted by molar-refractivity contribution is -0.124. The summed E-state index contributed by atoms with van der Waals surface area (Å²) < 4.78 is 29.6. The molecule has 0 radical (unpaired) electrons. The number of amides is 1. The molecule has 3 rings (SSSR count). The van der Waals surface area contributed by atoms with Crippen LogP contribution in [0.15, 0.2) is 60.0 Å². The predicted molar refractivity (Wildman–Crippen MR) is 107 cm³/mol. The highest BCUT2D eigenvalue weighted by atomic mass is 32.2. The normalized spacial score (nSPS) is 18.9. The Balaban J connectivity index is 1.92. The summed E-state index contributed by atoms with van der Waals surface area (Å²) in [6.45, 7) is 5.63. The van der Waals surface area contributed by atoms with E-state index in [4.69, 9.17) is 4.74 Å². The van der Waals surface area contributed by atoms with Crippen LogP contribution < -0.4 is 9.64 Å². The van der Waals surface area contributed by atoms with Gasteiger partial charge in [-0.25, -0.2) is 8.42 Å². The van der Waals surface area contributed by atoms with Gasteiger partial charge in [-0.2, -0.15) is 0 Å². The van der Waals surface area contributed by atoms with Gasteiger partial charge in [-0.3, -0.25) is 4.79 Å². The second kappa shape index (κ2) is 7.56. The van der Waals surface area contributed by atoms with Gasteiger partial charge in [0.05, 0.1) is 11.8 Å². The maximum absolute atomic E-state index is 13.2. The molecule has 1 aliphatic heterocycles. The summed E-state index contributed by atoms with van der Waals surface area (Å²) in [5.41, 5.74) is 2.81. The van der Waals surface area contributed by atoms with Crippen molar-refractivity contribution in [1.82, 2.24) is 0 Å². The Hall–Kier alpha value is -2.60. The van der Waals surface area contributed by atoms with Gasteiger partial charge < -0.3 is 9.64 Å². The van der Waals surface area contributed by atoms with Gasteiger partial charge in [0.2, 0.25) is 0 Å². The van der Waals surface area contributed by atoms with Crippen molar-refractivity contribution in [1.29, 1.82) is 0 Å². The molecule has 2 aromatic rings. The third kappa shape index (κ3) is 4.39. The van der Waals surface area contributed by atoms with Gasteiger partial charge >= 0.3 is 0 Å². The molecule has 0 aliphatic carbocycles. The fourth-order valence-electron chi connectivity index (χ4n) is 3.03. The van der Waals surface area contributed by atoms with E-state index >= 15 is 0 Å². The first kappa shape index (κ1) is 19.2. The second-order valence-electron chi connectivity index (χ2n) is 6.78. The van der Waals surface area contributed by atoms with Gasteiger partial charge in [0.1, 0.15) is 5.75 Å². The van der Waals surface area contributed by atoms with E-state index in [0.29, 0.717) is 11.4 Å².